The Morgan fingerprint density at radius 2 is 1.48 bits per heavy atom. The fourth-order valence-electron chi connectivity index (χ4n) is 5.13. The van der Waals surface area contributed by atoms with Crippen LogP contribution in [0.3, 0.4) is 0 Å². The van der Waals surface area contributed by atoms with Crippen molar-refractivity contribution < 1.29 is 28.8 Å². The zero-order valence-corrected chi connectivity index (χ0v) is 23.3. The van der Waals surface area contributed by atoms with Crippen molar-refractivity contribution in [3.8, 4) is 0 Å². The van der Waals surface area contributed by atoms with Gasteiger partial charge in [-0.05, 0) is 28.5 Å². The lowest BCUT2D eigenvalue weighted by Gasteiger charge is -2.35. The molecule has 3 aromatic carbocycles. The molecular formula is C31H31F2N3O5S. The molecule has 5 rings (SSSR count). The molecule has 4 aromatic rings. The van der Waals surface area contributed by atoms with Gasteiger partial charge in [-0.1, -0.05) is 91.0 Å². The Kier molecular flexibility index (Phi) is 9.05. The highest BCUT2D eigenvalue weighted by Gasteiger charge is 2.59. The predicted octanol–water partition coefficient (Wildman–Crippen LogP) is 3.97. The molecule has 11 heteroatoms. The molecule has 0 saturated carbocycles. The van der Waals surface area contributed by atoms with Gasteiger partial charge in [0.2, 0.25) is 6.23 Å². The molecule has 2 heterocycles. The van der Waals surface area contributed by atoms with Gasteiger partial charge in [0.05, 0.1) is 11.4 Å². The maximum atomic E-state index is 14.5. The van der Waals surface area contributed by atoms with E-state index in [9.17, 15) is 28.9 Å². The van der Waals surface area contributed by atoms with Crippen molar-refractivity contribution in [1.82, 2.24) is 9.55 Å². The monoisotopic (exact) mass is 595 g/mol. The van der Waals surface area contributed by atoms with Crippen molar-refractivity contribution in [3.63, 3.8) is 0 Å². The SMILES string of the molecule is O=c1nc(NC(O)CCSC(c2ccccc2)(c2ccccc2)c2ccccc2)ccn1C1OC(CO)C(O)C1(F)F. The standard InChI is InChI=1S/C31H31F2N3O5S/c32-31(33)27(39)24(20-37)41-28(31)36-18-16-25(35-29(36)40)34-26(38)17-19-42-30(21-10-4-1-5-11-21,22-12-6-2-7-13-22)23-14-8-3-9-15-23/h1-16,18,24,26-28,37-39H,17,19-20H2,(H,34,35,40). The van der Waals surface area contributed by atoms with Crippen LogP contribution in [-0.4, -0.2) is 61.6 Å². The summed E-state index contributed by atoms with van der Waals surface area (Å²) in [5, 5.41) is 32.5. The number of aliphatic hydroxyl groups excluding tert-OH is 3. The average Bonchev–Trinajstić information content (AvgIpc) is 3.24. The van der Waals surface area contributed by atoms with Crippen LogP contribution in [-0.2, 0) is 9.48 Å². The lowest BCUT2D eigenvalue weighted by molar-refractivity contribution is -0.140. The molecule has 0 bridgehead atoms. The Labute approximate surface area is 245 Å². The Hall–Kier alpha value is -3.61. The van der Waals surface area contributed by atoms with Crippen molar-refractivity contribution in [2.75, 3.05) is 17.7 Å². The van der Waals surface area contributed by atoms with Crippen LogP contribution in [0.25, 0.3) is 0 Å². The van der Waals surface area contributed by atoms with Crippen LogP contribution in [0.5, 0.6) is 0 Å². The number of halogens is 2. The van der Waals surface area contributed by atoms with E-state index in [1.54, 1.807) is 11.8 Å². The van der Waals surface area contributed by atoms with Gasteiger partial charge in [0, 0.05) is 12.6 Å². The molecule has 1 fully saturated rings. The Balaban J connectivity index is 1.32. The molecule has 220 valence electrons. The van der Waals surface area contributed by atoms with Crippen molar-refractivity contribution in [2.45, 2.75) is 41.8 Å². The molecule has 0 radical (unpaired) electrons. The van der Waals surface area contributed by atoms with E-state index < -0.39 is 47.6 Å². The molecule has 4 N–H and O–H groups in total. The number of aliphatic hydroxyl groups is 3. The minimum absolute atomic E-state index is 0.00485. The van der Waals surface area contributed by atoms with Gasteiger partial charge < -0.3 is 25.4 Å². The van der Waals surface area contributed by atoms with Crippen LogP contribution >= 0.6 is 11.8 Å². The maximum absolute atomic E-state index is 14.5. The molecule has 1 aliphatic rings. The zero-order valence-electron chi connectivity index (χ0n) is 22.5. The second kappa shape index (κ2) is 12.7. The van der Waals surface area contributed by atoms with Gasteiger partial charge in [-0.15, -0.1) is 11.8 Å². The number of nitrogens with zero attached hydrogens (tertiary/aromatic N) is 2. The normalized spacial score (nSPS) is 20.7. The fourth-order valence-corrected chi connectivity index (χ4v) is 6.68. The molecule has 1 aromatic heterocycles. The quantitative estimate of drug-likeness (QED) is 0.152. The van der Waals surface area contributed by atoms with Crippen molar-refractivity contribution in [1.29, 1.82) is 0 Å². The van der Waals surface area contributed by atoms with Crippen LogP contribution < -0.4 is 11.0 Å². The molecule has 0 aliphatic carbocycles. The molecule has 42 heavy (non-hydrogen) atoms. The van der Waals surface area contributed by atoms with Gasteiger partial charge in [0.15, 0.2) is 6.10 Å². The summed E-state index contributed by atoms with van der Waals surface area (Å²) in [4.78, 5) is 16.4. The van der Waals surface area contributed by atoms with Gasteiger partial charge in [0.1, 0.15) is 18.1 Å². The highest BCUT2D eigenvalue weighted by Crippen LogP contribution is 2.48. The molecule has 1 aliphatic heterocycles. The third-order valence-corrected chi connectivity index (χ3v) is 8.79. The van der Waals surface area contributed by atoms with Crippen LogP contribution in [0.1, 0.15) is 29.3 Å². The zero-order chi connectivity index (χ0) is 29.7. The minimum atomic E-state index is -3.81. The third-order valence-electron chi connectivity index (χ3n) is 7.21. The Morgan fingerprint density at radius 1 is 0.952 bits per heavy atom. The van der Waals surface area contributed by atoms with Crippen molar-refractivity contribution in [2.24, 2.45) is 0 Å². The van der Waals surface area contributed by atoms with Crippen molar-refractivity contribution >= 4 is 17.6 Å². The maximum Gasteiger partial charge on any atom is 0.351 e. The second-order valence-corrected chi connectivity index (χ2v) is 11.2. The first-order chi connectivity index (χ1) is 20.3. The molecule has 0 amide bonds. The molecule has 8 nitrogen and oxygen atoms in total. The number of rotatable bonds is 11. The summed E-state index contributed by atoms with van der Waals surface area (Å²) in [6.45, 7) is -0.834. The average molecular weight is 596 g/mol. The number of thioether (sulfide) groups is 1. The number of hydrogen-bond donors (Lipinski definition) is 4. The predicted molar refractivity (Wildman–Crippen MR) is 156 cm³/mol. The largest absolute Gasteiger partial charge is 0.394 e. The van der Waals surface area contributed by atoms with Gasteiger partial charge in [-0.2, -0.15) is 13.8 Å². The number of benzene rings is 3. The summed E-state index contributed by atoms with van der Waals surface area (Å²) in [7, 11) is 0. The number of aromatic nitrogens is 2. The Morgan fingerprint density at radius 3 is 1.93 bits per heavy atom. The summed E-state index contributed by atoms with van der Waals surface area (Å²) >= 11 is 1.66. The molecule has 1 saturated heterocycles. The summed E-state index contributed by atoms with van der Waals surface area (Å²) in [5.74, 6) is -3.31. The summed E-state index contributed by atoms with van der Waals surface area (Å²) < 4.78 is 34.0. The first kappa shape index (κ1) is 29.9. The highest BCUT2D eigenvalue weighted by molar-refractivity contribution is 8.00. The van der Waals surface area contributed by atoms with Crippen LogP contribution in [0, 0.1) is 0 Å². The van der Waals surface area contributed by atoms with Crippen molar-refractivity contribution in [3.05, 3.63) is 130 Å². The number of hydrogen-bond acceptors (Lipinski definition) is 8. The van der Waals surface area contributed by atoms with E-state index in [4.69, 9.17) is 4.74 Å². The van der Waals surface area contributed by atoms with E-state index in [2.05, 4.69) is 46.7 Å². The lowest BCUT2D eigenvalue weighted by Crippen LogP contribution is -2.41. The topological polar surface area (TPSA) is 117 Å². The lowest BCUT2D eigenvalue weighted by atomic mass is 9.84. The van der Waals surface area contributed by atoms with Gasteiger partial charge in [0.25, 0.3) is 0 Å². The van der Waals surface area contributed by atoms with E-state index >= 15 is 0 Å². The molecular weight excluding hydrogens is 564 g/mol. The number of ether oxygens (including phenoxy) is 1. The number of nitrogens with one attached hydrogen (secondary N) is 1. The van der Waals surface area contributed by atoms with Crippen LogP contribution in [0.2, 0.25) is 0 Å². The van der Waals surface area contributed by atoms with E-state index in [1.165, 1.54) is 6.07 Å². The van der Waals surface area contributed by atoms with E-state index in [0.29, 0.717) is 10.3 Å². The first-order valence-corrected chi connectivity index (χ1v) is 14.4. The summed E-state index contributed by atoms with van der Waals surface area (Å²) in [6, 6.07) is 31.7. The molecule has 4 atom stereocenters. The van der Waals surface area contributed by atoms with Gasteiger partial charge >= 0.3 is 11.6 Å². The van der Waals surface area contributed by atoms with E-state index in [-0.39, 0.29) is 12.2 Å². The first-order valence-electron chi connectivity index (χ1n) is 13.4. The number of anilines is 1. The summed E-state index contributed by atoms with van der Waals surface area (Å²) in [6.07, 6.45) is -5.70. The molecule has 4 unspecified atom stereocenters. The van der Waals surface area contributed by atoms with Gasteiger partial charge in [-0.25, -0.2) is 4.79 Å². The molecule has 0 spiro atoms. The minimum Gasteiger partial charge on any atom is -0.394 e. The smallest absolute Gasteiger partial charge is 0.351 e. The van der Waals surface area contributed by atoms with Crippen LogP contribution in [0.4, 0.5) is 14.6 Å². The second-order valence-electron chi connectivity index (χ2n) is 9.91. The van der Waals surface area contributed by atoms with E-state index in [0.717, 1.165) is 22.9 Å². The summed E-state index contributed by atoms with van der Waals surface area (Å²) in [5.41, 5.74) is 2.19. The van der Waals surface area contributed by atoms with Gasteiger partial charge in [-0.3, -0.25) is 4.57 Å². The fraction of sp³-hybridized carbons (Fsp3) is 0.290. The highest BCUT2D eigenvalue weighted by atomic mass is 32.2. The number of alkyl halides is 2. The van der Waals surface area contributed by atoms with Crippen LogP contribution in [0.15, 0.2) is 108 Å². The van der Waals surface area contributed by atoms with E-state index in [1.807, 2.05) is 54.6 Å². The Bertz CT molecular complexity index is 1410. The third kappa shape index (κ3) is 5.83.